The highest BCUT2D eigenvalue weighted by Crippen LogP contribution is 2.34. The molecule has 1 atom stereocenters. The number of halogens is 2. The first-order valence-electron chi connectivity index (χ1n) is 14.5. The zero-order valence-corrected chi connectivity index (χ0v) is 27.6. The van der Waals surface area contributed by atoms with Crippen LogP contribution in [0, 0.1) is 13.8 Å². The maximum atomic E-state index is 7.00. The van der Waals surface area contributed by atoms with Gasteiger partial charge in [0.1, 0.15) is 24.7 Å². The summed E-state index contributed by atoms with van der Waals surface area (Å²) in [6.45, 7) is 8.15. The minimum atomic E-state index is 0.211. The molecule has 8 heteroatoms. The molecule has 0 fully saturated rings. The Bertz CT molecular complexity index is 1320. The average molecular weight is 631 g/mol. The molecule has 0 amide bonds. The van der Waals surface area contributed by atoms with E-state index in [0.717, 1.165) is 50.0 Å². The van der Waals surface area contributed by atoms with Crippen LogP contribution < -0.4 is 20.9 Å². The molecule has 0 radical (unpaired) electrons. The second-order valence-corrected chi connectivity index (χ2v) is 11.0. The van der Waals surface area contributed by atoms with Crippen molar-refractivity contribution in [1.29, 1.82) is 0 Å². The van der Waals surface area contributed by atoms with Crippen LogP contribution in [0.3, 0.4) is 0 Å². The lowest BCUT2D eigenvalue weighted by Gasteiger charge is -2.19. The van der Waals surface area contributed by atoms with E-state index in [0.29, 0.717) is 35.6 Å². The lowest BCUT2D eigenvalue weighted by atomic mass is 9.87. The van der Waals surface area contributed by atoms with Crippen LogP contribution in [0.15, 0.2) is 72.4 Å². The number of hydrogen-bond acceptors (Lipinski definition) is 5. The van der Waals surface area contributed by atoms with Gasteiger partial charge in [0, 0.05) is 38.7 Å². The molecular formula is C35H47Cl2N2O4+. The Kier molecular flexibility index (Phi) is 16.4. The number of allylic oxidation sites excluding steroid dienone is 4. The highest BCUT2D eigenvalue weighted by atomic mass is 35.5. The van der Waals surface area contributed by atoms with E-state index in [1.54, 1.807) is 7.11 Å². The fourth-order valence-electron chi connectivity index (χ4n) is 4.91. The summed E-state index contributed by atoms with van der Waals surface area (Å²) >= 11 is 12.5. The van der Waals surface area contributed by atoms with Gasteiger partial charge in [-0.1, -0.05) is 65.7 Å². The summed E-state index contributed by atoms with van der Waals surface area (Å²) < 4.78 is 16.8. The molecule has 0 saturated heterocycles. The third-order valence-electron chi connectivity index (χ3n) is 6.99. The van der Waals surface area contributed by atoms with Gasteiger partial charge in [0.2, 0.25) is 0 Å². The molecule has 0 bridgehead atoms. The van der Waals surface area contributed by atoms with E-state index in [2.05, 4.69) is 55.1 Å². The molecule has 0 saturated carbocycles. The van der Waals surface area contributed by atoms with Crippen LogP contribution in [0.2, 0.25) is 10.0 Å². The number of hydrogen-bond donors (Lipinski definition) is 3. The third kappa shape index (κ3) is 11.3. The van der Waals surface area contributed by atoms with Crippen LogP contribution in [0.5, 0.6) is 11.5 Å². The Balaban J connectivity index is 0.00000316. The standard InChI is InChI=1S/C34H42Cl2N2O3.CH4O/c1-5-7-30(33(38)8-6-15-39-4)26-11-14-29(24(3)20-26)27(22-37)21-25-9-12-28(13-10-25)40-16-17-41-34-31(35)18-23(2)19-32(34)36;1-2/h5,7,9-14,18-20,27H,6,8,15-17,21-22,37-38H2,1-4H3;2H,1H3/p+1/b7-5-,33-30+;. The first-order valence-corrected chi connectivity index (χ1v) is 15.3. The van der Waals surface area contributed by atoms with Crippen molar-refractivity contribution < 1.29 is 25.1 Å². The summed E-state index contributed by atoms with van der Waals surface area (Å²) in [5.41, 5.74) is 18.8. The van der Waals surface area contributed by atoms with E-state index in [-0.39, 0.29) is 5.92 Å². The zero-order chi connectivity index (χ0) is 31.8. The molecule has 43 heavy (non-hydrogen) atoms. The minimum Gasteiger partial charge on any atom is -0.490 e. The monoisotopic (exact) mass is 629 g/mol. The molecule has 0 aromatic heterocycles. The number of benzene rings is 3. The summed E-state index contributed by atoms with van der Waals surface area (Å²) in [5, 5.41) is 8.00. The SMILES string of the molecule is C/C=C\C(=C(/[NH3+])CCCOC)c1ccc(C(CN)Cc2ccc(OCCOc3c(Cl)cc(C)cc3Cl)cc2)c(C)c1.CO. The quantitative estimate of drug-likeness (QED) is 0.125. The van der Waals surface area contributed by atoms with E-state index < -0.39 is 0 Å². The topological polar surface area (TPSA) is 102 Å². The fraction of sp³-hybridized carbons (Fsp3) is 0.371. The molecule has 0 heterocycles. The maximum absolute atomic E-state index is 7.00. The van der Waals surface area contributed by atoms with Gasteiger partial charge >= 0.3 is 0 Å². The molecule has 3 rings (SSSR count). The van der Waals surface area contributed by atoms with Crippen molar-refractivity contribution in [3.05, 3.63) is 110 Å². The molecule has 3 aromatic carbocycles. The Labute approximate surface area is 267 Å². The maximum Gasteiger partial charge on any atom is 0.156 e. The predicted molar refractivity (Wildman–Crippen MR) is 179 cm³/mol. The van der Waals surface area contributed by atoms with Crippen molar-refractivity contribution in [2.24, 2.45) is 5.73 Å². The molecular weight excluding hydrogens is 583 g/mol. The largest absolute Gasteiger partial charge is 0.490 e. The normalized spacial score (nSPS) is 12.4. The molecule has 0 aliphatic heterocycles. The second kappa shape index (κ2) is 19.4. The molecule has 3 aromatic rings. The van der Waals surface area contributed by atoms with Gasteiger partial charge < -0.3 is 30.8 Å². The number of aliphatic hydroxyl groups excluding tert-OH is 1. The third-order valence-corrected chi connectivity index (χ3v) is 7.55. The molecule has 6 N–H and O–H groups in total. The molecule has 1 unspecified atom stereocenters. The first kappa shape index (κ1) is 36.4. The van der Waals surface area contributed by atoms with E-state index in [1.165, 1.54) is 27.8 Å². The van der Waals surface area contributed by atoms with Crippen molar-refractivity contribution >= 4 is 28.8 Å². The molecule has 0 aliphatic carbocycles. The van der Waals surface area contributed by atoms with Crippen molar-refractivity contribution in [3.8, 4) is 11.5 Å². The van der Waals surface area contributed by atoms with Crippen LogP contribution in [0.25, 0.3) is 5.57 Å². The number of methoxy groups -OCH3 is 1. The van der Waals surface area contributed by atoms with Crippen LogP contribution >= 0.6 is 23.2 Å². The Morgan fingerprint density at radius 1 is 0.953 bits per heavy atom. The van der Waals surface area contributed by atoms with E-state index in [1.807, 2.05) is 38.1 Å². The first-order chi connectivity index (χ1) is 20.8. The van der Waals surface area contributed by atoms with Crippen LogP contribution in [0.4, 0.5) is 0 Å². The summed E-state index contributed by atoms with van der Waals surface area (Å²) in [7, 11) is 2.73. The number of aliphatic hydroxyl groups is 1. The highest BCUT2D eigenvalue weighted by Gasteiger charge is 2.16. The van der Waals surface area contributed by atoms with Gasteiger partial charge in [-0.3, -0.25) is 0 Å². The van der Waals surface area contributed by atoms with Gasteiger partial charge in [-0.25, -0.2) is 0 Å². The lowest BCUT2D eigenvalue weighted by molar-refractivity contribution is -0.305. The van der Waals surface area contributed by atoms with Gasteiger partial charge in [0.05, 0.1) is 10.0 Å². The fourth-order valence-corrected chi connectivity index (χ4v) is 5.61. The van der Waals surface area contributed by atoms with Crippen molar-refractivity contribution in [2.45, 2.75) is 46.0 Å². The van der Waals surface area contributed by atoms with Crippen molar-refractivity contribution in [2.75, 3.05) is 40.6 Å². The Morgan fingerprint density at radius 2 is 1.60 bits per heavy atom. The van der Waals surface area contributed by atoms with E-state index in [4.69, 9.17) is 48.3 Å². The van der Waals surface area contributed by atoms with Crippen LogP contribution in [-0.2, 0) is 11.2 Å². The molecule has 0 spiro atoms. The Morgan fingerprint density at radius 3 is 2.19 bits per heavy atom. The summed E-state index contributed by atoms with van der Waals surface area (Å²) in [6.07, 6.45) is 6.92. The van der Waals surface area contributed by atoms with E-state index >= 15 is 0 Å². The zero-order valence-electron chi connectivity index (χ0n) is 26.1. The predicted octanol–water partition coefficient (Wildman–Crippen LogP) is 6.92. The number of ether oxygens (including phenoxy) is 3. The lowest BCUT2D eigenvalue weighted by Crippen LogP contribution is -2.48. The van der Waals surface area contributed by atoms with Gasteiger partial charge in [0.25, 0.3) is 0 Å². The van der Waals surface area contributed by atoms with Gasteiger partial charge in [-0.15, -0.1) is 0 Å². The van der Waals surface area contributed by atoms with Gasteiger partial charge in [0.15, 0.2) is 5.75 Å². The van der Waals surface area contributed by atoms with Gasteiger partial charge in [-0.05, 0) is 92.2 Å². The van der Waals surface area contributed by atoms with Crippen LogP contribution in [0.1, 0.15) is 53.5 Å². The number of nitrogens with two attached hydrogens (primary N) is 1. The summed E-state index contributed by atoms with van der Waals surface area (Å²) in [6, 6.07) is 18.5. The smallest absolute Gasteiger partial charge is 0.156 e. The van der Waals surface area contributed by atoms with E-state index in [9.17, 15) is 0 Å². The highest BCUT2D eigenvalue weighted by molar-refractivity contribution is 6.37. The molecule has 234 valence electrons. The molecule has 0 aliphatic rings. The number of rotatable bonds is 15. The van der Waals surface area contributed by atoms with Crippen molar-refractivity contribution in [1.82, 2.24) is 0 Å². The minimum absolute atomic E-state index is 0.211. The Hall–Kier alpha value is -2.84. The molecule has 6 nitrogen and oxygen atoms in total. The van der Waals surface area contributed by atoms with Crippen molar-refractivity contribution in [3.63, 3.8) is 0 Å². The number of quaternary nitrogens is 1. The second-order valence-electron chi connectivity index (χ2n) is 10.2. The summed E-state index contributed by atoms with van der Waals surface area (Å²) in [4.78, 5) is 0. The summed E-state index contributed by atoms with van der Waals surface area (Å²) in [5.74, 6) is 1.47. The average Bonchev–Trinajstić information content (AvgIpc) is 2.99. The number of aryl methyl sites for hydroxylation is 2. The van der Waals surface area contributed by atoms with Crippen LogP contribution in [-0.4, -0.2) is 45.7 Å². The van der Waals surface area contributed by atoms with Gasteiger partial charge in [-0.2, -0.15) is 0 Å².